The van der Waals surface area contributed by atoms with Crippen LogP contribution in [0.1, 0.15) is 25.8 Å². The number of hydrogen-bond acceptors (Lipinski definition) is 9. The highest BCUT2D eigenvalue weighted by atomic mass is 35.5. The molecule has 0 aromatic carbocycles. The highest BCUT2D eigenvalue weighted by molar-refractivity contribution is 6.31. The number of imidazole rings is 1. The minimum Gasteiger partial charge on any atom is -0.455 e. The Labute approximate surface area is 192 Å². The predicted octanol–water partition coefficient (Wildman–Crippen LogP) is 1.40. The lowest BCUT2D eigenvalue weighted by Crippen LogP contribution is -2.41. The number of allylic oxidation sites excluding steroid dienone is 2. The van der Waals surface area contributed by atoms with Crippen LogP contribution in [0.25, 0.3) is 11.2 Å². The Bertz CT molecular complexity index is 1220. The number of alkyl halides is 1. The molecule has 0 spiro atoms. The molecule has 2 aliphatic rings. The van der Waals surface area contributed by atoms with Crippen LogP contribution in [0.3, 0.4) is 0 Å². The molecule has 12 heteroatoms. The molecule has 10 nitrogen and oxygen atoms in total. The molecule has 33 heavy (non-hydrogen) atoms. The van der Waals surface area contributed by atoms with Gasteiger partial charge in [0.2, 0.25) is 0 Å². The van der Waals surface area contributed by atoms with Gasteiger partial charge in [-0.05, 0) is 12.2 Å². The lowest BCUT2D eigenvalue weighted by atomic mass is 9.88. The molecular weight excluding hydrogens is 457 g/mol. The van der Waals surface area contributed by atoms with E-state index in [-0.39, 0.29) is 21.9 Å². The maximum atomic E-state index is 16.0. The average Bonchev–Trinajstić information content (AvgIpc) is 3.31. The summed E-state index contributed by atoms with van der Waals surface area (Å²) in [7, 11) is 0. The molecule has 172 valence electrons. The molecule has 2 aromatic heterocycles. The van der Waals surface area contributed by atoms with Crippen molar-refractivity contribution in [3.63, 3.8) is 0 Å². The van der Waals surface area contributed by atoms with Crippen molar-refractivity contribution in [2.45, 2.75) is 50.1 Å². The topological polar surface area (TPSA) is 131 Å². The van der Waals surface area contributed by atoms with E-state index in [4.69, 9.17) is 38.0 Å². The van der Waals surface area contributed by atoms with Gasteiger partial charge in [-0.2, -0.15) is 0 Å². The fraction of sp³-hybridized carbons (Fsp3) is 0.381. The summed E-state index contributed by atoms with van der Waals surface area (Å²) in [5.41, 5.74) is 3.88. The number of halogens is 2. The second-order valence-electron chi connectivity index (χ2n) is 7.49. The van der Waals surface area contributed by atoms with Crippen LogP contribution in [0.4, 0.5) is 4.39 Å². The summed E-state index contributed by atoms with van der Waals surface area (Å²) in [6.45, 7) is 2.39. The van der Waals surface area contributed by atoms with E-state index in [0.29, 0.717) is 0 Å². The molecule has 4 rings (SSSR count). The van der Waals surface area contributed by atoms with Gasteiger partial charge in [-0.1, -0.05) is 23.6 Å². The van der Waals surface area contributed by atoms with Crippen LogP contribution in [-0.4, -0.2) is 55.8 Å². The fourth-order valence-electron chi connectivity index (χ4n) is 3.86. The molecule has 0 radical (unpaired) electrons. The van der Waals surface area contributed by atoms with Gasteiger partial charge in [-0.15, -0.1) is 6.42 Å². The molecule has 0 bridgehead atoms. The highest BCUT2D eigenvalue weighted by Gasteiger charge is 2.50. The minimum absolute atomic E-state index is 0.0878. The van der Waals surface area contributed by atoms with E-state index in [0.717, 1.165) is 12.4 Å². The molecule has 6 atom stereocenters. The first-order valence-corrected chi connectivity index (χ1v) is 10.2. The van der Waals surface area contributed by atoms with Crippen molar-refractivity contribution in [2.24, 2.45) is 5.73 Å². The maximum absolute atomic E-state index is 16.0. The molecule has 0 amide bonds. The van der Waals surface area contributed by atoms with Crippen molar-refractivity contribution in [1.29, 1.82) is 0 Å². The normalized spacial score (nSPS) is 31.2. The third kappa shape index (κ3) is 3.97. The minimum atomic E-state index is -2.25. The van der Waals surface area contributed by atoms with Gasteiger partial charge in [0, 0.05) is 18.9 Å². The smallest absolute Gasteiger partial charge is 0.303 e. The van der Waals surface area contributed by atoms with Gasteiger partial charge in [0.05, 0.1) is 12.4 Å². The number of terminal acetylenes is 1. The van der Waals surface area contributed by atoms with E-state index in [1.165, 1.54) is 36.9 Å². The fourth-order valence-corrected chi connectivity index (χ4v) is 4.09. The second kappa shape index (κ2) is 8.55. The van der Waals surface area contributed by atoms with Gasteiger partial charge in [0.25, 0.3) is 0 Å². The standard InChI is InChI=1S/C21H19ClFN5O5/c1-4-13-16(31-10(2)29)17(32-11(3)30)20(33-13)28-9-27-15-18(25-8-26-19(15)28)21(23)7-12(22)5-6-14(21)24/h1,5-9,13-14,16-17,20H,24H2,2-3H3/t13-,14?,16-,17-,20-,21?/m1/s1. The summed E-state index contributed by atoms with van der Waals surface area (Å²) in [5, 5.41) is 0.153. The second-order valence-corrected chi connectivity index (χ2v) is 7.93. The van der Waals surface area contributed by atoms with Crippen molar-refractivity contribution in [3.8, 4) is 12.3 Å². The number of carbonyl (C=O) groups is 2. The van der Waals surface area contributed by atoms with Gasteiger partial charge < -0.3 is 19.9 Å². The number of fused-ring (bicyclic) bond motifs is 1. The zero-order chi connectivity index (χ0) is 23.9. The summed E-state index contributed by atoms with van der Waals surface area (Å²) >= 11 is 6.01. The van der Waals surface area contributed by atoms with Crippen molar-refractivity contribution in [1.82, 2.24) is 19.5 Å². The lowest BCUT2D eigenvalue weighted by Gasteiger charge is -2.28. The molecule has 1 aliphatic carbocycles. The predicted molar refractivity (Wildman–Crippen MR) is 113 cm³/mol. The zero-order valence-electron chi connectivity index (χ0n) is 17.5. The highest BCUT2D eigenvalue weighted by Crippen LogP contribution is 2.40. The van der Waals surface area contributed by atoms with Gasteiger partial charge in [0.1, 0.15) is 17.5 Å². The molecule has 1 aliphatic heterocycles. The zero-order valence-corrected chi connectivity index (χ0v) is 18.3. The van der Waals surface area contributed by atoms with Crippen LogP contribution in [0.5, 0.6) is 0 Å². The van der Waals surface area contributed by atoms with Crippen LogP contribution in [-0.2, 0) is 29.5 Å². The largest absolute Gasteiger partial charge is 0.455 e. The molecule has 3 heterocycles. The Hall–Kier alpha value is -3.33. The first kappa shape index (κ1) is 22.8. The Kier molecular flexibility index (Phi) is 5.92. The number of esters is 2. The van der Waals surface area contributed by atoms with Gasteiger partial charge in [-0.25, -0.2) is 19.3 Å². The van der Waals surface area contributed by atoms with Crippen molar-refractivity contribution < 1.29 is 28.2 Å². The number of nitrogens with two attached hydrogens (primary N) is 1. The number of rotatable bonds is 4. The quantitative estimate of drug-likeness (QED) is 0.514. The molecular formula is C21H19ClFN5O5. The first-order chi connectivity index (χ1) is 15.7. The third-order valence-corrected chi connectivity index (χ3v) is 5.48. The maximum Gasteiger partial charge on any atom is 0.303 e. The van der Waals surface area contributed by atoms with E-state index < -0.39 is 48.2 Å². The number of aromatic nitrogens is 4. The molecule has 0 saturated carbocycles. The van der Waals surface area contributed by atoms with Crippen LogP contribution in [0.15, 0.2) is 35.9 Å². The number of ether oxygens (including phenoxy) is 3. The van der Waals surface area contributed by atoms with Crippen molar-refractivity contribution in [2.75, 3.05) is 0 Å². The molecule has 1 saturated heterocycles. The van der Waals surface area contributed by atoms with E-state index in [1.807, 2.05) is 0 Å². The number of carbonyl (C=O) groups excluding carboxylic acids is 2. The molecule has 2 aromatic rings. The summed E-state index contributed by atoms with van der Waals surface area (Å²) < 4.78 is 33.9. The summed E-state index contributed by atoms with van der Waals surface area (Å²) in [6.07, 6.45) is 7.78. The summed E-state index contributed by atoms with van der Waals surface area (Å²) in [6, 6.07) is -1.07. The third-order valence-electron chi connectivity index (χ3n) is 5.25. The van der Waals surface area contributed by atoms with E-state index in [2.05, 4.69) is 20.9 Å². The molecule has 2 N–H and O–H groups in total. The number of hydrogen-bond donors (Lipinski definition) is 1. The average molecular weight is 476 g/mol. The summed E-state index contributed by atoms with van der Waals surface area (Å²) in [5.74, 6) is 1.10. The van der Waals surface area contributed by atoms with E-state index in [9.17, 15) is 9.59 Å². The Balaban J connectivity index is 1.81. The SMILES string of the molecule is C#C[C@H]1O[C@@H](n2cnc3c(C4(F)C=C(Cl)C=CC4N)ncnc32)[C@H](OC(C)=O)[C@@H]1OC(C)=O. The lowest BCUT2D eigenvalue weighted by molar-refractivity contribution is -0.165. The summed E-state index contributed by atoms with van der Waals surface area (Å²) in [4.78, 5) is 35.9. The molecule has 1 fully saturated rings. The molecule has 2 unspecified atom stereocenters. The Morgan fingerprint density at radius 2 is 1.97 bits per heavy atom. The monoisotopic (exact) mass is 475 g/mol. The Morgan fingerprint density at radius 1 is 1.27 bits per heavy atom. The van der Waals surface area contributed by atoms with Gasteiger partial charge in [-0.3, -0.25) is 14.2 Å². The van der Waals surface area contributed by atoms with Crippen molar-refractivity contribution >= 4 is 34.7 Å². The van der Waals surface area contributed by atoms with Crippen LogP contribution in [0, 0.1) is 12.3 Å². The van der Waals surface area contributed by atoms with Gasteiger partial charge >= 0.3 is 11.9 Å². The van der Waals surface area contributed by atoms with Crippen LogP contribution < -0.4 is 5.73 Å². The van der Waals surface area contributed by atoms with Crippen molar-refractivity contribution in [3.05, 3.63) is 41.6 Å². The van der Waals surface area contributed by atoms with Crippen LogP contribution >= 0.6 is 11.6 Å². The van der Waals surface area contributed by atoms with Gasteiger partial charge in [0.15, 0.2) is 35.9 Å². The number of nitrogens with zero attached hydrogens (tertiary/aromatic N) is 4. The van der Waals surface area contributed by atoms with E-state index >= 15 is 4.39 Å². The van der Waals surface area contributed by atoms with E-state index in [1.54, 1.807) is 0 Å². The first-order valence-electron chi connectivity index (χ1n) is 9.80. The Morgan fingerprint density at radius 3 is 2.64 bits per heavy atom. The van der Waals surface area contributed by atoms with Crippen LogP contribution in [0.2, 0.25) is 0 Å².